The largest absolute Gasteiger partial charge is 0.353 e. The first kappa shape index (κ1) is 16.4. The lowest BCUT2D eigenvalue weighted by atomic mass is 10.0. The molecule has 0 saturated heterocycles. The molecule has 0 heterocycles. The molecule has 2 saturated carbocycles. The van der Waals surface area contributed by atoms with Crippen LogP contribution in [0.2, 0.25) is 0 Å². The second kappa shape index (κ2) is 5.54. The molecule has 23 heavy (non-hydrogen) atoms. The fraction of sp³-hybridized carbons (Fsp3) is 0.562. The topological polar surface area (TPSA) is 63.2 Å². The molecule has 126 valence electrons. The van der Waals surface area contributed by atoms with E-state index in [-0.39, 0.29) is 35.6 Å². The molecule has 0 unspecified atom stereocenters. The van der Waals surface area contributed by atoms with E-state index in [0.717, 1.165) is 31.0 Å². The van der Waals surface area contributed by atoms with E-state index in [1.54, 1.807) is 0 Å². The fourth-order valence-corrected chi connectivity index (χ4v) is 4.70. The van der Waals surface area contributed by atoms with Crippen LogP contribution >= 0.6 is 0 Å². The maximum absolute atomic E-state index is 13.7. The Morgan fingerprint density at radius 3 is 2.65 bits per heavy atom. The van der Waals surface area contributed by atoms with Crippen LogP contribution in [-0.4, -0.2) is 32.4 Å². The molecular formula is C16H19F2NO3S. The summed E-state index contributed by atoms with van der Waals surface area (Å²) in [7, 11) is -3.11. The fourth-order valence-electron chi connectivity index (χ4n) is 3.20. The molecule has 1 aromatic rings. The van der Waals surface area contributed by atoms with E-state index in [1.807, 2.05) is 0 Å². The van der Waals surface area contributed by atoms with Crippen LogP contribution in [0.15, 0.2) is 18.2 Å². The van der Waals surface area contributed by atoms with Crippen molar-refractivity contribution in [1.82, 2.24) is 5.32 Å². The number of halogens is 2. The Bertz CT molecular complexity index is 744. The molecule has 2 atom stereocenters. The monoisotopic (exact) mass is 343 g/mol. The Balaban J connectivity index is 1.56. The summed E-state index contributed by atoms with van der Waals surface area (Å²) in [5, 5.41) is 2.81. The van der Waals surface area contributed by atoms with Crippen molar-refractivity contribution >= 4 is 15.7 Å². The van der Waals surface area contributed by atoms with E-state index in [0.29, 0.717) is 6.42 Å². The zero-order chi connectivity index (χ0) is 16.8. The Morgan fingerprint density at radius 2 is 2.04 bits per heavy atom. The van der Waals surface area contributed by atoms with Crippen LogP contribution in [0.25, 0.3) is 0 Å². The number of rotatable bonds is 6. The summed E-state index contributed by atoms with van der Waals surface area (Å²) in [6.07, 6.45) is 3.40. The maximum atomic E-state index is 13.7. The van der Waals surface area contributed by atoms with E-state index in [2.05, 4.69) is 5.32 Å². The first-order chi connectivity index (χ1) is 10.7. The number of carbonyl (C=O) groups excluding carboxylic acids is 1. The summed E-state index contributed by atoms with van der Waals surface area (Å²) in [5.41, 5.74) is -0.140. The third-order valence-electron chi connectivity index (χ3n) is 4.56. The molecule has 2 aliphatic carbocycles. The maximum Gasteiger partial charge on any atom is 0.220 e. The minimum atomic E-state index is -3.11. The van der Waals surface area contributed by atoms with E-state index in [9.17, 15) is 22.0 Å². The molecule has 2 fully saturated rings. The Hall–Kier alpha value is -1.50. The summed E-state index contributed by atoms with van der Waals surface area (Å²) in [4.78, 5) is 12.1. The van der Waals surface area contributed by atoms with Crippen molar-refractivity contribution in [3.63, 3.8) is 0 Å². The first-order valence-corrected chi connectivity index (χ1v) is 9.66. The van der Waals surface area contributed by atoms with Gasteiger partial charge in [0.2, 0.25) is 5.91 Å². The molecule has 0 radical (unpaired) electrons. The molecule has 4 nitrogen and oxygen atoms in total. The smallest absolute Gasteiger partial charge is 0.220 e. The van der Waals surface area contributed by atoms with Gasteiger partial charge in [-0.25, -0.2) is 17.2 Å². The van der Waals surface area contributed by atoms with Crippen LogP contribution in [0.1, 0.15) is 37.2 Å². The molecule has 3 rings (SSSR count). The molecule has 1 amide bonds. The molecule has 0 spiro atoms. The lowest BCUT2D eigenvalue weighted by Gasteiger charge is -2.13. The normalized spacial score (nSPS) is 25.0. The predicted molar refractivity (Wildman–Crippen MR) is 81.6 cm³/mol. The average molecular weight is 343 g/mol. The highest BCUT2D eigenvalue weighted by atomic mass is 32.2. The van der Waals surface area contributed by atoms with Gasteiger partial charge in [0.1, 0.15) is 21.5 Å². The molecule has 0 aromatic heterocycles. The summed E-state index contributed by atoms with van der Waals surface area (Å²) >= 11 is 0. The minimum Gasteiger partial charge on any atom is -0.353 e. The third-order valence-corrected chi connectivity index (χ3v) is 5.69. The van der Waals surface area contributed by atoms with Gasteiger partial charge in [0.05, 0.1) is 5.75 Å². The van der Waals surface area contributed by atoms with Crippen molar-refractivity contribution in [2.24, 2.45) is 5.41 Å². The number of hydrogen-bond donors (Lipinski definition) is 1. The molecule has 1 aromatic carbocycles. The zero-order valence-corrected chi connectivity index (χ0v) is 13.6. The second-order valence-corrected chi connectivity index (χ2v) is 9.07. The standard InChI is InChI=1S/C16H19F2NO3S/c1-23(21,22)9-16(4-5-16)8-15(20)19-14-7-12(14)11-6-10(17)2-3-13(11)18/h2-3,6,12,14H,4-5,7-9H2,1H3,(H,19,20)/t12-,14+/m0/s1. The van der Waals surface area contributed by atoms with Gasteiger partial charge in [-0.1, -0.05) is 0 Å². The predicted octanol–water partition coefficient (Wildman–Crippen LogP) is 2.15. The van der Waals surface area contributed by atoms with Gasteiger partial charge in [-0.05, 0) is 48.4 Å². The van der Waals surface area contributed by atoms with Crippen LogP contribution < -0.4 is 5.32 Å². The summed E-state index contributed by atoms with van der Waals surface area (Å²) in [6, 6.07) is 3.12. The number of amides is 1. The molecule has 2 aliphatic rings. The quantitative estimate of drug-likeness (QED) is 0.861. The molecule has 0 bridgehead atoms. The van der Waals surface area contributed by atoms with Gasteiger partial charge < -0.3 is 5.32 Å². The summed E-state index contributed by atoms with van der Waals surface area (Å²) in [6.45, 7) is 0. The SMILES string of the molecule is CS(=O)(=O)CC1(CC(=O)N[C@@H]2C[C@H]2c2cc(F)ccc2F)CC1. The third kappa shape index (κ3) is 4.07. The molecular weight excluding hydrogens is 324 g/mol. The van der Waals surface area contributed by atoms with E-state index >= 15 is 0 Å². The minimum absolute atomic E-state index is 0.0278. The van der Waals surface area contributed by atoms with Gasteiger partial charge in [-0.2, -0.15) is 0 Å². The Kier molecular flexibility index (Phi) is 3.94. The highest BCUT2D eigenvalue weighted by molar-refractivity contribution is 7.90. The average Bonchev–Trinajstić information content (AvgIpc) is 3.30. The van der Waals surface area contributed by atoms with Crippen molar-refractivity contribution in [2.45, 2.75) is 37.6 Å². The molecule has 7 heteroatoms. The van der Waals surface area contributed by atoms with Crippen LogP contribution in [-0.2, 0) is 14.6 Å². The van der Waals surface area contributed by atoms with Gasteiger partial charge >= 0.3 is 0 Å². The van der Waals surface area contributed by atoms with Crippen molar-refractivity contribution in [3.05, 3.63) is 35.4 Å². The van der Waals surface area contributed by atoms with E-state index in [1.165, 1.54) is 6.26 Å². The van der Waals surface area contributed by atoms with E-state index < -0.39 is 26.9 Å². The van der Waals surface area contributed by atoms with Gasteiger partial charge in [0.25, 0.3) is 0 Å². The summed E-state index contributed by atoms with van der Waals surface area (Å²) < 4.78 is 49.7. The first-order valence-electron chi connectivity index (χ1n) is 7.60. The van der Waals surface area contributed by atoms with Crippen LogP contribution in [0.4, 0.5) is 8.78 Å². The van der Waals surface area contributed by atoms with Crippen LogP contribution in [0.3, 0.4) is 0 Å². The number of nitrogens with one attached hydrogen (secondary N) is 1. The molecule has 1 N–H and O–H groups in total. The number of hydrogen-bond acceptors (Lipinski definition) is 3. The highest BCUT2D eigenvalue weighted by Gasteiger charge is 2.48. The van der Waals surface area contributed by atoms with Crippen molar-refractivity contribution in [1.29, 1.82) is 0 Å². The zero-order valence-electron chi connectivity index (χ0n) is 12.8. The summed E-state index contributed by atoms with van der Waals surface area (Å²) in [5.74, 6) is -1.36. The number of sulfone groups is 1. The van der Waals surface area contributed by atoms with Gasteiger partial charge in [-0.3, -0.25) is 4.79 Å². The Morgan fingerprint density at radius 1 is 1.35 bits per heavy atom. The Labute approximate surface area is 134 Å². The van der Waals surface area contributed by atoms with Crippen molar-refractivity contribution in [3.8, 4) is 0 Å². The number of benzene rings is 1. The molecule has 0 aliphatic heterocycles. The van der Waals surface area contributed by atoms with Gasteiger partial charge in [-0.15, -0.1) is 0 Å². The lowest BCUT2D eigenvalue weighted by molar-refractivity contribution is -0.122. The van der Waals surface area contributed by atoms with E-state index in [4.69, 9.17) is 0 Å². The van der Waals surface area contributed by atoms with Crippen molar-refractivity contribution in [2.75, 3.05) is 12.0 Å². The van der Waals surface area contributed by atoms with Crippen LogP contribution in [0.5, 0.6) is 0 Å². The second-order valence-electron chi connectivity index (χ2n) is 6.93. The lowest BCUT2D eigenvalue weighted by Crippen LogP contribution is -2.31. The number of carbonyl (C=O) groups is 1. The van der Waals surface area contributed by atoms with Crippen LogP contribution in [0, 0.1) is 17.0 Å². The van der Waals surface area contributed by atoms with Gasteiger partial charge in [0, 0.05) is 24.6 Å². The van der Waals surface area contributed by atoms with Gasteiger partial charge in [0.15, 0.2) is 0 Å². The van der Waals surface area contributed by atoms with Crippen molar-refractivity contribution < 1.29 is 22.0 Å². The highest BCUT2D eigenvalue weighted by Crippen LogP contribution is 2.50.